The lowest BCUT2D eigenvalue weighted by Crippen LogP contribution is -2.55. The maximum atomic E-state index is 13.9. The van der Waals surface area contributed by atoms with Crippen molar-refractivity contribution in [2.24, 2.45) is 0 Å². The number of aliphatic hydroxyl groups is 1. The average Bonchev–Trinajstić information content (AvgIpc) is 3.30. The first kappa shape index (κ1) is 24.0. The smallest absolute Gasteiger partial charge is 0.323 e. The molecule has 1 aromatic heterocycles. The van der Waals surface area contributed by atoms with Crippen molar-refractivity contribution >= 4 is 16.9 Å². The Morgan fingerprint density at radius 2 is 2.11 bits per heavy atom. The van der Waals surface area contributed by atoms with Gasteiger partial charge in [0.2, 0.25) is 0 Å². The number of carbonyl (C=O) groups is 1. The molecule has 1 unspecified atom stereocenters. The first-order chi connectivity index (χ1) is 17.3. The topological polar surface area (TPSA) is 92.3 Å². The average molecular weight is 489 g/mol. The molecule has 1 saturated heterocycles. The number of amides is 2. The van der Waals surface area contributed by atoms with Crippen LogP contribution >= 0.6 is 0 Å². The number of rotatable bonds is 7. The summed E-state index contributed by atoms with van der Waals surface area (Å²) in [5.41, 5.74) is 2.77. The van der Waals surface area contributed by atoms with Crippen molar-refractivity contribution in [1.82, 2.24) is 19.7 Å². The molecule has 2 aromatic carbocycles. The van der Waals surface area contributed by atoms with Crippen LogP contribution in [0.15, 0.2) is 42.5 Å². The molecule has 5 rings (SSSR count). The van der Waals surface area contributed by atoms with Crippen molar-refractivity contribution in [3.63, 3.8) is 0 Å². The number of hydrogen-bond donors (Lipinski definition) is 3. The van der Waals surface area contributed by atoms with Gasteiger partial charge in [-0.2, -0.15) is 0 Å². The number of hydrogen-bond acceptors (Lipinski definition) is 5. The van der Waals surface area contributed by atoms with Crippen LogP contribution in [0.1, 0.15) is 36.2 Å². The number of phenolic OH excluding ortho intramolecular Hbond substituents is 1. The maximum Gasteiger partial charge on any atom is 0.323 e. The van der Waals surface area contributed by atoms with Gasteiger partial charge >= 0.3 is 6.03 Å². The van der Waals surface area contributed by atoms with Crippen LogP contribution in [0.2, 0.25) is 0 Å². The molecule has 0 saturated carbocycles. The number of terminal acetylenes is 1. The molecule has 0 aliphatic carbocycles. The number of nitrogens with zero attached hydrogens (tertiary/aromatic N) is 3. The third kappa shape index (κ3) is 3.76. The highest BCUT2D eigenvalue weighted by Crippen LogP contribution is 2.50. The van der Waals surface area contributed by atoms with E-state index in [0.717, 1.165) is 40.0 Å². The van der Waals surface area contributed by atoms with Crippen LogP contribution < -0.4 is 4.74 Å². The van der Waals surface area contributed by atoms with E-state index in [1.54, 1.807) is 35.1 Å². The van der Waals surface area contributed by atoms with E-state index < -0.39 is 17.8 Å². The van der Waals surface area contributed by atoms with Crippen LogP contribution in [0.25, 0.3) is 10.9 Å². The standard InChI is InChI=1S/C28H32N4O4/c1-5-12-30(3)13-7-14-31-26(34)28(2)17-22-21-16-20(36-4)10-11-23(21)29-24(22)25(32(28)27(31)35)18-8-6-9-19(33)15-18/h1,6,8-11,15-16,25-26,29,33-34H,7,12-14,17H2,2-4H3/t25-,26?,28+/m1/s1. The number of ether oxygens (including phenoxy) is 1. The first-order valence-electron chi connectivity index (χ1n) is 12.2. The Hall–Kier alpha value is -3.67. The molecular weight excluding hydrogens is 456 g/mol. The van der Waals surface area contributed by atoms with E-state index in [9.17, 15) is 15.0 Å². The van der Waals surface area contributed by atoms with Crippen molar-refractivity contribution in [3.8, 4) is 23.8 Å². The number of phenols is 1. The molecule has 3 N–H and O–H groups in total. The second-order valence-electron chi connectivity index (χ2n) is 9.98. The van der Waals surface area contributed by atoms with Gasteiger partial charge in [-0.25, -0.2) is 4.79 Å². The highest BCUT2D eigenvalue weighted by molar-refractivity contribution is 5.89. The number of benzene rings is 2. The van der Waals surface area contributed by atoms with Crippen LogP contribution in [0.5, 0.6) is 11.5 Å². The summed E-state index contributed by atoms with van der Waals surface area (Å²) in [6.07, 6.45) is 5.57. The Kier molecular flexibility index (Phi) is 6.07. The zero-order valence-corrected chi connectivity index (χ0v) is 20.9. The van der Waals surface area contributed by atoms with Gasteiger partial charge in [-0.05, 0) is 61.9 Å². The minimum atomic E-state index is -0.994. The predicted octanol–water partition coefficient (Wildman–Crippen LogP) is 3.30. The SMILES string of the molecule is C#CCN(C)CCCN1C(=O)N2[C@H](c3cccc(O)c3)c3[nH]c4ccc(OC)cc4c3C[C@@]2(C)C1O. The summed E-state index contributed by atoms with van der Waals surface area (Å²) >= 11 is 0. The lowest BCUT2D eigenvalue weighted by Gasteiger charge is -2.44. The number of aromatic nitrogens is 1. The lowest BCUT2D eigenvalue weighted by atomic mass is 9.80. The highest BCUT2D eigenvalue weighted by Gasteiger charge is 2.59. The number of urea groups is 1. The summed E-state index contributed by atoms with van der Waals surface area (Å²) < 4.78 is 5.47. The molecule has 2 aliphatic heterocycles. The molecule has 8 heteroatoms. The number of aromatic amines is 1. The minimum Gasteiger partial charge on any atom is -0.508 e. The van der Waals surface area contributed by atoms with Crippen molar-refractivity contribution in [1.29, 1.82) is 0 Å². The van der Waals surface area contributed by atoms with Gasteiger partial charge in [-0.3, -0.25) is 9.80 Å². The van der Waals surface area contributed by atoms with Gasteiger partial charge in [0, 0.05) is 36.1 Å². The second-order valence-corrected chi connectivity index (χ2v) is 9.98. The lowest BCUT2D eigenvalue weighted by molar-refractivity contribution is -0.0249. The van der Waals surface area contributed by atoms with Gasteiger partial charge in [0.05, 0.1) is 19.2 Å². The third-order valence-electron chi connectivity index (χ3n) is 7.55. The first-order valence-corrected chi connectivity index (χ1v) is 12.2. The summed E-state index contributed by atoms with van der Waals surface area (Å²) in [6, 6.07) is 12.1. The quantitative estimate of drug-likeness (QED) is 0.444. The van der Waals surface area contributed by atoms with E-state index in [4.69, 9.17) is 11.2 Å². The molecule has 3 aromatic rings. The molecule has 0 radical (unpaired) electrons. The zero-order chi connectivity index (χ0) is 25.6. The zero-order valence-electron chi connectivity index (χ0n) is 20.9. The number of aromatic hydroxyl groups is 1. The van der Waals surface area contributed by atoms with Gasteiger partial charge in [-0.15, -0.1) is 6.42 Å². The van der Waals surface area contributed by atoms with Gasteiger partial charge in [0.25, 0.3) is 0 Å². The molecule has 3 heterocycles. The van der Waals surface area contributed by atoms with Gasteiger partial charge in [0.1, 0.15) is 17.5 Å². The van der Waals surface area contributed by atoms with Crippen molar-refractivity contribution in [2.45, 2.75) is 37.6 Å². The van der Waals surface area contributed by atoms with Crippen LogP contribution in [0.3, 0.4) is 0 Å². The van der Waals surface area contributed by atoms with Gasteiger partial charge < -0.3 is 24.8 Å². The van der Waals surface area contributed by atoms with E-state index in [0.29, 0.717) is 25.9 Å². The van der Waals surface area contributed by atoms with Crippen LogP contribution in [-0.2, 0) is 6.42 Å². The second kappa shape index (κ2) is 9.08. The van der Waals surface area contributed by atoms with Gasteiger partial charge in [0.15, 0.2) is 6.23 Å². The highest BCUT2D eigenvalue weighted by atomic mass is 16.5. The fourth-order valence-electron chi connectivity index (χ4n) is 5.76. The number of H-pyrrole nitrogens is 1. The molecule has 36 heavy (non-hydrogen) atoms. The van der Waals surface area contributed by atoms with E-state index >= 15 is 0 Å². The summed E-state index contributed by atoms with van der Waals surface area (Å²) in [5.74, 6) is 3.49. The van der Waals surface area contributed by atoms with Crippen LogP contribution in [-0.4, -0.2) is 81.5 Å². The third-order valence-corrected chi connectivity index (χ3v) is 7.55. The van der Waals surface area contributed by atoms with Crippen molar-refractivity contribution < 1.29 is 19.7 Å². The number of aliphatic hydroxyl groups excluding tert-OH is 1. The Bertz CT molecular complexity index is 1350. The van der Waals surface area contributed by atoms with E-state index in [-0.39, 0.29) is 11.8 Å². The molecule has 2 amide bonds. The largest absolute Gasteiger partial charge is 0.508 e. The maximum absolute atomic E-state index is 13.9. The van der Waals surface area contributed by atoms with Crippen LogP contribution in [0.4, 0.5) is 4.79 Å². The monoisotopic (exact) mass is 488 g/mol. The molecule has 0 bridgehead atoms. The summed E-state index contributed by atoms with van der Waals surface area (Å²) in [4.78, 5) is 22.8. The van der Waals surface area contributed by atoms with E-state index in [2.05, 4.69) is 10.9 Å². The Labute approximate surface area is 211 Å². The minimum absolute atomic E-state index is 0.125. The Morgan fingerprint density at radius 1 is 1.31 bits per heavy atom. The normalized spacial score (nSPS) is 23.2. The van der Waals surface area contributed by atoms with Crippen LogP contribution in [0, 0.1) is 12.3 Å². The fourth-order valence-corrected chi connectivity index (χ4v) is 5.76. The van der Waals surface area contributed by atoms with E-state index in [1.807, 2.05) is 43.1 Å². The Balaban J connectivity index is 1.59. The fraction of sp³-hybridized carbons (Fsp3) is 0.393. The summed E-state index contributed by atoms with van der Waals surface area (Å²) in [5, 5.41) is 22.9. The number of carbonyl (C=O) groups excluding carboxylic acids is 1. The Morgan fingerprint density at radius 3 is 2.83 bits per heavy atom. The molecule has 0 spiro atoms. The van der Waals surface area contributed by atoms with Crippen molar-refractivity contribution in [3.05, 3.63) is 59.3 Å². The van der Waals surface area contributed by atoms with Gasteiger partial charge in [-0.1, -0.05) is 18.1 Å². The molecule has 188 valence electrons. The summed E-state index contributed by atoms with van der Waals surface area (Å²) in [7, 11) is 3.58. The van der Waals surface area contributed by atoms with Crippen molar-refractivity contribution in [2.75, 3.05) is 33.8 Å². The molecular formula is C28H32N4O4. The molecule has 3 atom stereocenters. The number of nitrogens with one attached hydrogen (secondary N) is 1. The molecule has 8 nitrogen and oxygen atoms in total. The van der Waals surface area contributed by atoms with E-state index in [1.165, 1.54) is 0 Å². The number of fused-ring (bicyclic) bond motifs is 4. The molecule has 2 aliphatic rings. The predicted molar refractivity (Wildman–Crippen MR) is 138 cm³/mol. The molecule has 1 fully saturated rings. The summed E-state index contributed by atoms with van der Waals surface area (Å²) in [6.45, 7) is 3.61. The number of methoxy groups -OCH3 is 1.